The smallest absolute Gasteiger partial charge is 0.247 e. The largest absolute Gasteiger partial charge is 0.323 e. The van der Waals surface area contributed by atoms with Gasteiger partial charge in [0.25, 0.3) is 0 Å². The van der Waals surface area contributed by atoms with E-state index in [1.165, 1.54) is 11.1 Å². The third kappa shape index (κ3) is 2.74. The number of pyridine rings is 1. The van der Waals surface area contributed by atoms with Crippen LogP contribution in [0.5, 0.6) is 0 Å². The molecule has 4 rings (SSSR count). The highest BCUT2D eigenvalue weighted by Crippen LogP contribution is 2.22. The van der Waals surface area contributed by atoms with Gasteiger partial charge in [0.05, 0.1) is 5.69 Å². The Labute approximate surface area is 140 Å². The lowest BCUT2D eigenvalue weighted by Crippen LogP contribution is -1.96. The molecule has 0 aliphatic heterocycles. The normalized spacial score (nSPS) is 10.9. The molecule has 2 heterocycles. The van der Waals surface area contributed by atoms with E-state index in [1.807, 2.05) is 28.8 Å². The van der Waals surface area contributed by atoms with Gasteiger partial charge in [-0.3, -0.25) is 0 Å². The van der Waals surface area contributed by atoms with Crippen molar-refractivity contribution in [3.05, 3.63) is 77.9 Å². The molecule has 0 amide bonds. The number of aromatic nitrogens is 3. The molecule has 0 unspecified atom stereocenters. The molecule has 1 N–H and O–H groups in total. The molecule has 0 saturated carbocycles. The fourth-order valence-electron chi connectivity index (χ4n) is 2.75. The minimum Gasteiger partial charge on any atom is -0.323 e. The van der Waals surface area contributed by atoms with E-state index >= 15 is 0 Å². The zero-order chi connectivity index (χ0) is 16.5. The molecule has 4 heteroatoms. The fourth-order valence-corrected chi connectivity index (χ4v) is 2.75. The Morgan fingerprint density at radius 2 is 1.62 bits per heavy atom. The van der Waals surface area contributed by atoms with E-state index in [2.05, 4.69) is 71.7 Å². The van der Waals surface area contributed by atoms with Crippen LogP contribution in [0.25, 0.3) is 16.9 Å². The zero-order valence-electron chi connectivity index (χ0n) is 13.7. The van der Waals surface area contributed by atoms with Crippen LogP contribution >= 0.6 is 0 Å². The summed E-state index contributed by atoms with van der Waals surface area (Å²) in [5.74, 6) is 0.596. The highest BCUT2D eigenvalue weighted by atomic mass is 15.4. The molecule has 0 aliphatic carbocycles. The van der Waals surface area contributed by atoms with Crippen LogP contribution in [0.4, 0.5) is 11.6 Å². The van der Waals surface area contributed by atoms with Gasteiger partial charge in [-0.05, 0) is 44.2 Å². The molecule has 2 aromatic carbocycles. The van der Waals surface area contributed by atoms with Crippen molar-refractivity contribution in [1.29, 1.82) is 0 Å². The van der Waals surface area contributed by atoms with E-state index < -0.39 is 0 Å². The summed E-state index contributed by atoms with van der Waals surface area (Å²) in [7, 11) is 0. The van der Waals surface area contributed by atoms with E-state index in [0.717, 1.165) is 22.6 Å². The van der Waals surface area contributed by atoms with Crippen molar-refractivity contribution in [3.63, 3.8) is 0 Å². The van der Waals surface area contributed by atoms with E-state index in [9.17, 15) is 0 Å². The van der Waals surface area contributed by atoms with Gasteiger partial charge >= 0.3 is 0 Å². The summed E-state index contributed by atoms with van der Waals surface area (Å²) in [6.45, 7) is 4.16. The molecule has 0 fully saturated rings. The first-order chi connectivity index (χ1) is 11.7. The molecule has 0 saturated heterocycles. The van der Waals surface area contributed by atoms with Crippen LogP contribution in [-0.4, -0.2) is 14.6 Å². The molecule has 0 atom stereocenters. The van der Waals surface area contributed by atoms with Crippen molar-refractivity contribution in [3.8, 4) is 11.3 Å². The van der Waals surface area contributed by atoms with Gasteiger partial charge in [0.2, 0.25) is 5.95 Å². The van der Waals surface area contributed by atoms with Gasteiger partial charge in [-0.25, -0.2) is 4.52 Å². The van der Waals surface area contributed by atoms with Gasteiger partial charge < -0.3 is 5.32 Å². The molecule has 0 aliphatic rings. The van der Waals surface area contributed by atoms with Crippen molar-refractivity contribution in [2.45, 2.75) is 13.8 Å². The van der Waals surface area contributed by atoms with E-state index in [0.29, 0.717) is 5.95 Å². The van der Waals surface area contributed by atoms with E-state index in [4.69, 9.17) is 0 Å². The number of hydrogen-bond donors (Lipinski definition) is 1. The number of nitrogens with zero attached hydrogens (tertiary/aromatic N) is 3. The van der Waals surface area contributed by atoms with Gasteiger partial charge in [-0.2, -0.15) is 4.98 Å². The Hall–Kier alpha value is -3.14. The van der Waals surface area contributed by atoms with Crippen molar-refractivity contribution >= 4 is 17.3 Å². The maximum absolute atomic E-state index is 4.63. The first kappa shape index (κ1) is 14.5. The summed E-state index contributed by atoms with van der Waals surface area (Å²) in [5.41, 5.74) is 6.41. The molecule has 0 radical (unpaired) electrons. The summed E-state index contributed by atoms with van der Waals surface area (Å²) in [5, 5.41) is 7.90. The Morgan fingerprint density at radius 3 is 2.42 bits per heavy atom. The monoisotopic (exact) mass is 314 g/mol. The number of hydrogen-bond acceptors (Lipinski definition) is 3. The summed E-state index contributed by atoms with van der Waals surface area (Å²) in [6, 6.07) is 22.6. The topological polar surface area (TPSA) is 42.2 Å². The maximum Gasteiger partial charge on any atom is 0.247 e. The Balaban J connectivity index is 1.75. The number of aryl methyl sites for hydroxylation is 2. The molecule has 4 aromatic rings. The third-order valence-electron chi connectivity index (χ3n) is 3.98. The average Bonchev–Trinajstić information content (AvgIpc) is 2.99. The Bertz CT molecular complexity index is 1000. The predicted octanol–water partition coefficient (Wildman–Crippen LogP) is 4.76. The summed E-state index contributed by atoms with van der Waals surface area (Å²) < 4.78 is 1.88. The second-order valence-electron chi connectivity index (χ2n) is 5.98. The second-order valence-corrected chi connectivity index (χ2v) is 5.98. The van der Waals surface area contributed by atoms with Crippen LogP contribution in [0.3, 0.4) is 0 Å². The van der Waals surface area contributed by atoms with E-state index in [1.54, 1.807) is 0 Å². The van der Waals surface area contributed by atoms with Crippen LogP contribution < -0.4 is 5.32 Å². The SMILES string of the molecule is Cc1ccc(Nc2nc3cccc(-c4cccc(C)c4)n3n2)cc1. The van der Waals surface area contributed by atoms with Crippen molar-refractivity contribution < 1.29 is 0 Å². The molecular weight excluding hydrogens is 296 g/mol. The Kier molecular flexibility index (Phi) is 3.50. The second kappa shape index (κ2) is 5.81. The number of rotatable bonds is 3. The standard InChI is InChI=1S/C20H18N4/c1-14-9-11-17(12-10-14)21-20-22-19-8-4-7-18(24(19)23-20)16-6-3-5-15(2)13-16/h3-13H,1-2H3,(H,21,23). The molecule has 0 bridgehead atoms. The lowest BCUT2D eigenvalue weighted by Gasteiger charge is -2.05. The number of benzene rings is 2. The van der Waals surface area contributed by atoms with Crippen LogP contribution in [0.15, 0.2) is 66.7 Å². The van der Waals surface area contributed by atoms with Gasteiger partial charge in [-0.1, -0.05) is 47.5 Å². The van der Waals surface area contributed by atoms with Crippen LogP contribution in [-0.2, 0) is 0 Å². The lowest BCUT2D eigenvalue weighted by atomic mass is 10.1. The molecule has 0 spiro atoms. The zero-order valence-corrected chi connectivity index (χ0v) is 13.7. The van der Waals surface area contributed by atoms with Crippen molar-refractivity contribution in [2.24, 2.45) is 0 Å². The van der Waals surface area contributed by atoms with Gasteiger partial charge in [0.15, 0.2) is 5.65 Å². The maximum atomic E-state index is 4.63. The molecule has 24 heavy (non-hydrogen) atoms. The molecule has 4 nitrogen and oxygen atoms in total. The molecular formula is C20H18N4. The minimum atomic E-state index is 0.596. The van der Waals surface area contributed by atoms with E-state index in [-0.39, 0.29) is 0 Å². The summed E-state index contributed by atoms with van der Waals surface area (Å²) >= 11 is 0. The quantitative estimate of drug-likeness (QED) is 0.593. The Morgan fingerprint density at radius 1 is 0.833 bits per heavy atom. The first-order valence-corrected chi connectivity index (χ1v) is 7.95. The third-order valence-corrected chi connectivity index (χ3v) is 3.98. The lowest BCUT2D eigenvalue weighted by molar-refractivity contribution is 0.973. The van der Waals surface area contributed by atoms with Gasteiger partial charge in [0, 0.05) is 11.3 Å². The highest BCUT2D eigenvalue weighted by Gasteiger charge is 2.09. The number of anilines is 2. The molecule has 2 aromatic heterocycles. The highest BCUT2D eigenvalue weighted by molar-refractivity contribution is 5.65. The molecule has 118 valence electrons. The summed E-state index contributed by atoms with van der Waals surface area (Å²) in [6.07, 6.45) is 0. The minimum absolute atomic E-state index is 0.596. The average molecular weight is 314 g/mol. The number of nitrogens with one attached hydrogen (secondary N) is 1. The van der Waals surface area contributed by atoms with Gasteiger partial charge in [-0.15, -0.1) is 5.10 Å². The number of fused-ring (bicyclic) bond motifs is 1. The van der Waals surface area contributed by atoms with Gasteiger partial charge in [0.1, 0.15) is 0 Å². The van der Waals surface area contributed by atoms with Crippen LogP contribution in [0.1, 0.15) is 11.1 Å². The van der Waals surface area contributed by atoms with Crippen molar-refractivity contribution in [1.82, 2.24) is 14.6 Å². The van der Waals surface area contributed by atoms with Crippen LogP contribution in [0.2, 0.25) is 0 Å². The van der Waals surface area contributed by atoms with Crippen molar-refractivity contribution in [2.75, 3.05) is 5.32 Å². The first-order valence-electron chi connectivity index (χ1n) is 7.95. The van der Waals surface area contributed by atoms with Crippen LogP contribution in [0, 0.1) is 13.8 Å². The summed E-state index contributed by atoms with van der Waals surface area (Å²) in [4.78, 5) is 4.58. The predicted molar refractivity (Wildman–Crippen MR) is 97.6 cm³/mol. The fraction of sp³-hybridized carbons (Fsp3) is 0.100.